The summed E-state index contributed by atoms with van der Waals surface area (Å²) in [6.45, 7) is 10.7. The SMILES string of the molecule is CC.CC.CCCCOC(=O)C1CCC2OC2C1. The van der Waals surface area contributed by atoms with Crippen LogP contribution in [0.15, 0.2) is 0 Å². The first kappa shape index (κ1) is 17.4. The largest absolute Gasteiger partial charge is 0.465 e. The number of ether oxygens (including phenoxy) is 2. The Morgan fingerprint density at radius 2 is 1.83 bits per heavy atom. The molecule has 1 aliphatic carbocycles. The zero-order valence-electron chi connectivity index (χ0n) is 12.7. The average Bonchev–Trinajstić information content (AvgIpc) is 3.21. The van der Waals surface area contributed by atoms with E-state index < -0.39 is 0 Å². The van der Waals surface area contributed by atoms with Gasteiger partial charge in [-0.2, -0.15) is 0 Å². The Kier molecular flexibility index (Phi) is 10.0. The number of hydrogen-bond donors (Lipinski definition) is 0. The highest BCUT2D eigenvalue weighted by atomic mass is 16.6. The van der Waals surface area contributed by atoms with Crippen molar-refractivity contribution in [3.05, 3.63) is 0 Å². The van der Waals surface area contributed by atoms with Crippen molar-refractivity contribution >= 4 is 5.97 Å². The molecule has 108 valence electrons. The van der Waals surface area contributed by atoms with Crippen molar-refractivity contribution in [1.29, 1.82) is 0 Å². The van der Waals surface area contributed by atoms with Gasteiger partial charge in [0, 0.05) is 0 Å². The Bertz CT molecular complexity index is 216. The highest BCUT2D eigenvalue weighted by molar-refractivity contribution is 5.72. The number of carbonyl (C=O) groups excluding carboxylic acids is 1. The van der Waals surface area contributed by atoms with Crippen LogP contribution in [0.4, 0.5) is 0 Å². The van der Waals surface area contributed by atoms with E-state index >= 15 is 0 Å². The fourth-order valence-electron chi connectivity index (χ4n) is 2.05. The maximum absolute atomic E-state index is 11.6. The number of hydrogen-bond acceptors (Lipinski definition) is 3. The van der Waals surface area contributed by atoms with Gasteiger partial charge in [0.1, 0.15) is 0 Å². The Balaban J connectivity index is 0.000000659. The molecule has 2 rings (SSSR count). The summed E-state index contributed by atoms with van der Waals surface area (Å²) >= 11 is 0. The minimum atomic E-state index is -0.00704. The zero-order chi connectivity index (χ0) is 14.0. The lowest BCUT2D eigenvalue weighted by Crippen LogP contribution is -2.24. The second-order valence-electron chi connectivity index (χ2n) is 4.24. The first-order chi connectivity index (χ1) is 8.81. The van der Waals surface area contributed by atoms with E-state index in [1.807, 2.05) is 27.7 Å². The minimum absolute atomic E-state index is 0.00704. The van der Waals surface area contributed by atoms with E-state index in [-0.39, 0.29) is 11.9 Å². The van der Waals surface area contributed by atoms with Gasteiger partial charge in [-0.3, -0.25) is 4.79 Å². The predicted molar refractivity (Wildman–Crippen MR) is 74.6 cm³/mol. The Morgan fingerprint density at radius 3 is 2.39 bits per heavy atom. The summed E-state index contributed by atoms with van der Waals surface area (Å²) in [5, 5.41) is 0. The van der Waals surface area contributed by atoms with E-state index in [9.17, 15) is 4.79 Å². The molecular formula is C15H30O3. The van der Waals surface area contributed by atoms with Crippen LogP contribution in [-0.4, -0.2) is 24.8 Å². The van der Waals surface area contributed by atoms with Crippen LogP contribution in [-0.2, 0) is 14.3 Å². The average molecular weight is 258 g/mol. The van der Waals surface area contributed by atoms with Crippen molar-refractivity contribution in [1.82, 2.24) is 0 Å². The van der Waals surface area contributed by atoms with E-state index in [1.165, 1.54) is 0 Å². The van der Waals surface area contributed by atoms with E-state index in [0.717, 1.165) is 32.1 Å². The Hall–Kier alpha value is -0.570. The smallest absolute Gasteiger partial charge is 0.309 e. The fourth-order valence-corrected chi connectivity index (χ4v) is 2.05. The quantitative estimate of drug-likeness (QED) is 0.435. The van der Waals surface area contributed by atoms with E-state index in [4.69, 9.17) is 9.47 Å². The monoisotopic (exact) mass is 258 g/mol. The van der Waals surface area contributed by atoms with Crippen LogP contribution >= 0.6 is 0 Å². The molecule has 3 nitrogen and oxygen atoms in total. The summed E-state index contributed by atoms with van der Waals surface area (Å²) in [4.78, 5) is 11.6. The summed E-state index contributed by atoms with van der Waals surface area (Å²) in [7, 11) is 0. The number of fused-ring (bicyclic) bond motifs is 1. The van der Waals surface area contributed by atoms with Gasteiger partial charge in [-0.05, 0) is 25.7 Å². The van der Waals surface area contributed by atoms with Gasteiger partial charge in [-0.15, -0.1) is 0 Å². The third kappa shape index (κ3) is 5.85. The highest BCUT2D eigenvalue weighted by Crippen LogP contribution is 2.39. The van der Waals surface area contributed by atoms with Gasteiger partial charge in [0.05, 0.1) is 24.7 Å². The second-order valence-corrected chi connectivity index (χ2v) is 4.24. The fraction of sp³-hybridized carbons (Fsp3) is 0.933. The second kappa shape index (κ2) is 10.4. The Morgan fingerprint density at radius 1 is 1.17 bits per heavy atom. The lowest BCUT2D eigenvalue weighted by molar-refractivity contribution is -0.149. The normalized spacial score (nSPS) is 27.7. The molecule has 0 bridgehead atoms. The molecule has 2 aliphatic rings. The van der Waals surface area contributed by atoms with Crippen molar-refractivity contribution in [3.63, 3.8) is 0 Å². The van der Waals surface area contributed by atoms with Gasteiger partial charge in [0.2, 0.25) is 0 Å². The number of rotatable bonds is 4. The molecule has 0 amide bonds. The molecular weight excluding hydrogens is 228 g/mol. The molecule has 18 heavy (non-hydrogen) atoms. The molecule has 0 aromatic heterocycles. The topological polar surface area (TPSA) is 38.8 Å². The summed E-state index contributed by atoms with van der Waals surface area (Å²) in [5.74, 6) is 0.100. The summed E-state index contributed by atoms with van der Waals surface area (Å²) < 4.78 is 10.6. The lowest BCUT2D eigenvalue weighted by atomic mass is 9.89. The molecule has 1 saturated carbocycles. The van der Waals surface area contributed by atoms with Crippen molar-refractivity contribution in [3.8, 4) is 0 Å². The predicted octanol–water partition coefficient (Wildman–Crippen LogP) is 3.95. The third-order valence-corrected chi connectivity index (χ3v) is 3.08. The molecule has 3 unspecified atom stereocenters. The van der Waals surface area contributed by atoms with Gasteiger partial charge in [-0.1, -0.05) is 41.0 Å². The number of unbranched alkanes of at least 4 members (excludes halogenated alkanes) is 1. The van der Waals surface area contributed by atoms with Crippen LogP contribution in [0.5, 0.6) is 0 Å². The maximum Gasteiger partial charge on any atom is 0.309 e. The van der Waals surface area contributed by atoms with Gasteiger partial charge in [0.25, 0.3) is 0 Å². The van der Waals surface area contributed by atoms with E-state index in [0.29, 0.717) is 18.8 Å². The molecule has 1 heterocycles. The summed E-state index contributed by atoms with van der Waals surface area (Å²) in [6, 6.07) is 0. The maximum atomic E-state index is 11.6. The zero-order valence-corrected chi connectivity index (χ0v) is 12.7. The minimum Gasteiger partial charge on any atom is -0.465 e. The van der Waals surface area contributed by atoms with Crippen molar-refractivity contribution in [2.24, 2.45) is 5.92 Å². The van der Waals surface area contributed by atoms with Crippen LogP contribution in [0.25, 0.3) is 0 Å². The molecule has 3 atom stereocenters. The van der Waals surface area contributed by atoms with Crippen molar-refractivity contribution in [2.45, 2.75) is 78.9 Å². The molecule has 1 saturated heterocycles. The molecule has 2 fully saturated rings. The molecule has 3 heteroatoms. The van der Waals surface area contributed by atoms with Gasteiger partial charge in [-0.25, -0.2) is 0 Å². The molecule has 1 aliphatic heterocycles. The first-order valence-corrected chi connectivity index (χ1v) is 7.63. The van der Waals surface area contributed by atoms with Crippen LogP contribution in [0, 0.1) is 5.92 Å². The van der Waals surface area contributed by atoms with Crippen molar-refractivity contribution in [2.75, 3.05) is 6.61 Å². The van der Waals surface area contributed by atoms with Crippen LogP contribution in [0.2, 0.25) is 0 Å². The van der Waals surface area contributed by atoms with Gasteiger partial charge < -0.3 is 9.47 Å². The van der Waals surface area contributed by atoms with Crippen LogP contribution < -0.4 is 0 Å². The first-order valence-electron chi connectivity index (χ1n) is 7.63. The molecule has 0 radical (unpaired) electrons. The summed E-state index contributed by atoms with van der Waals surface area (Å²) in [5.41, 5.74) is 0. The highest BCUT2D eigenvalue weighted by Gasteiger charge is 2.46. The third-order valence-electron chi connectivity index (χ3n) is 3.08. The standard InChI is InChI=1S/C11H18O3.2C2H6/c1-2-3-6-13-11(12)8-4-5-9-10(7-8)14-9;2*1-2/h8-10H,2-7H2,1H3;2*1-2H3. The lowest BCUT2D eigenvalue weighted by Gasteiger charge is -2.17. The van der Waals surface area contributed by atoms with E-state index in [2.05, 4.69) is 6.92 Å². The molecule has 0 N–H and O–H groups in total. The molecule has 0 spiro atoms. The number of epoxide rings is 1. The number of esters is 1. The summed E-state index contributed by atoms with van der Waals surface area (Å²) in [6.07, 6.45) is 5.76. The van der Waals surface area contributed by atoms with E-state index in [1.54, 1.807) is 0 Å². The van der Waals surface area contributed by atoms with Crippen LogP contribution in [0.3, 0.4) is 0 Å². The Labute approximate surface area is 112 Å². The molecule has 0 aromatic rings. The van der Waals surface area contributed by atoms with Crippen LogP contribution in [0.1, 0.15) is 66.7 Å². The van der Waals surface area contributed by atoms with Gasteiger partial charge in [0.15, 0.2) is 0 Å². The molecule has 0 aromatic carbocycles. The van der Waals surface area contributed by atoms with Gasteiger partial charge >= 0.3 is 5.97 Å². The van der Waals surface area contributed by atoms with Crippen molar-refractivity contribution < 1.29 is 14.3 Å². The number of carbonyl (C=O) groups is 1.